The van der Waals surface area contributed by atoms with E-state index in [9.17, 15) is 14.7 Å². The maximum Gasteiger partial charge on any atom is 0.407 e. The van der Waals surface area contributed by atoms with Crippen molar-refractivity contribution in [1.29, 1.82) is 0 Å². The molecule has 0 fully saturated rings. The van der Waals surface area contributed by atoms with Gasteiger partial charge in [0.2, 0.25) is 5.91 Å². The fourth-order valence-corrected chi connectivity index (χ4v) is 4.68. The van der Waals surface area contributed by atoms with Crippen molar-refractivity contribution in [1.82, 2.24) is 10.6 Å². The van der Waals surface area contributed by atoms with Gasteiger partial charge in [0.25, 0.3) is 0 Å². The first-order valence-electron chi connectivity index (χ1n) is 15.3. The Labute approximate surface area is 258 Å². The lowest BCUT2D eigenvalue weighted by molar-refractivity contribution is -0.117. The van der Waals surface area contributed by atoms with Crippen molar-refractivity contribution >= 4 is 12.0 Å². The Balaban J connectivity index is 2.22. The van der Waals surface area contributed by atoms with Gasteiger partial charge in [0, 0.05) is 18.5 Å². The number of methoxy groups -OCH3 is 1. The van der Waals surface area contributed by atoms with E-state index in [0.717, 1.165) is 24.0 Å². The van der Waals surface area contributed by atoms with Gasteiger partial charge in [-0.25, -0.2) is 4.79 Å². The zero-order chi connectivity index (χ0) is 32.0. The summed E-state index contributed by atoms with van der Waals surface area (Å²) in [5.41, 5.74) is 1.68. The van der Waals surface area contributed by atoms with E-state index >= 15 is 0 Å². The van der Waals surface area contributed by atoms with Crippen molar-refractivity contribution in [2.24, 2.45) is 11.8 Å². The number of nitrogens with one attached hydrogen (secondary N) is 2. The second-order valence-electron chi connectivity index (χ2n) is 12.4. The van der Waals surface area contributed by atoms with Gasteiger partial charge in [0.1, 0.15) is 12.2 Å². The lowest BCUT2D eigenvalue weighted by Gasteiger charge is -2.31. The van der Waals surface area contributed by atoms with E-state index in [1.54, 1.807) is 27.9 Å². The van der Waals surface area contributed by atoms with Gasteiger partial charge in [-0.1, -0.05) is 70.2 Å². The molecule has 8 nitrogen and oxygen atoms in total. The van der Waals surface area contributed by atoms with E-state index in [1.807, 2.05) is 55.5 Å². The Kier molecular flexibility index (Phi) is 14.6. The maximum absolute atomic E-state index is 12.8. The quantitative estimate of drug-likeness (QED) is 0.140. The third kappa shape index (κ3) is 13.1. The minimum atomic E-state index is -1.03. The molecule has 0 bridgehead atoms. The standard InChI is InChI=1S/C35H52N2O6/c1-9-10-18-36-33(39)25(4)19-30(38)29(37-34(40)43-35(5,6)7)22-28(24(2)3)20-27-16-17-31(41-8)32(21-27)42-23-26-14-12-11-13-15-26/h11-17,21,24,28-30,38H,4,9-10,18-20,22-23H2,1-3,5-8H3,(H,36,39)(H,37,40)/t28-,29-,30+/m0/s1. The Morgan fingerprint density at radius 3 is 2.33 bits per heavy atom. The molecule has 2 amide bonds. The van der Waals surface area contributed by atoms with Crippen LogP contribution in [0.5, 0.6) is 11.5 Å². The van der Waals surface area contributed by atoms with Crippen LogP contribution in [0.2, 0.25) is 0 Å². The van der Waals surface area contributed by atoms with Crippen LogP contribution in [0.25, 0.3) is 0 Å². The summed E-state index contributed by atoms with van der Waals surface area (Å²) in [5, 5.41) is 17.0. The number of rotatable bonds is 17. The van der Waals surface area contributed by atoms with Crippen LogP contribution in [0.1, 0.15) is 78.4 Å². The molecule has 8 heteroatoms. The SMILES string of the molecule is C=C(C[C@@H](O)[C@H](C[C@H](Cc1ccc(OC)c(OCc2ccccc2)c1)C(C)C)NC(=O)OC(C)(C)C)C(=O)NCCCC. The number of ether oxygens (including phenoxy) is 3. The number of aliphatic hydroxyl groups excluding tert-OH is 1. The highest BCUT2D eigenvalue weighted by Crippen LogP contribution is 2.32. The van der Waals surface area contributed by atoms with Crippen LogP contribution in [-0.4, -0.2) is 48.5 Å². The summed E-state index contributed by atoms with van der Waals surface area (Å²) < 4.78 is 17.2. The predicted molar refractivity (Wildman–Crippen MR) is 171 cm³/mol. The van der Waals surface area contributed by atoms with Gasteiger partial charge in [-0.3, -0.25) is 4.79 Å². The van der Waals surface area contributed by atoms with Crippen LogP contribution in [0.15, 0.2) is 60.7 Å². The van der Waals surface area contributed by atoms with Crippen molar-refractivity contribution in [2.75, 3.05) is 13.7 Å². The summed E-state index contributed by atoms with van der Waals surface area (Å²) in [6.45, 7) is 16.5. The van der Waals surface area contributed by atoms with Crippen LogP contribution < -0.4 is 20.1 Å². The zero-order valence-electron chi connectivity index (χ0n) is 27.1. The highest BCUT2D eigenvalue weighted by Gasteiger charge is 2.30. The molecule has 0 aliphatic heterocycles. The van der Waals surface area contributed by atoms with Gasteiger partial charge >= 0.3 is 6.09 Å². The molecule has 0 radical (unpaired) electrons. The van der Waals surface area contributed by atoms with Crippen LogP contribution >= 0.6 is 0 Å². The van der Waals surface area contributed by atoms with E-state index in [-0.39, 0.29) is 29.7 Å². The molecular formula is C35H52N2O6. The summed E-state index contributed by atoms with van der Waals surface area (Å²) >= 11 is 0. The molecule has 3 N–H and O–H groups in total. The first kappa shape index (κ1) is 35.7. The smallest absolute Gasteiger partial charge is 0.407 e. The fraction of sp³-hybridized carbons (Fsp3) is 0.543. The molecule has 2 aromatic carbocycles. The van der Waals surface area contributed by atoms with E-state index in [4.69, 9.17) is 14.2 Å². The van der Waals surface area contributed by atoms with Crippen molar-refractivity contribution < 1.29 is 28.9 Å². The number of hydrogen-bond donors (Lipinski definition) is 3. The number of hydrogen-bond acceptors (Lipinski definition) is 6. The van der Waals surface area contributed by atoms with Crippen molar-refractivity contribution in [3.05, 3.63) is 71.8 Å². The second-order valence-corrected chi connectivity index (χ2v) is 12.4. The number of aliphatic hydroxyl groups is 1. The largest absolute Gasteiger partial charge is 0.493 e. The number of alkyl carbamates (subject to hydrolysis) is 1. The Hall–Kier alpha value is -3.52. The van der Waals surface area contributed by atoms with Crippen LogP contribution in [-0.2, 0) is 22.6 Å². The summed E-state index contributed by atoms with van der Waals surface area (Å²) in [6.07, 6.45) is 1.37. The van der Waals surface area contributed by atoms with Crippen molar-refractivity contribution in [3.8, 4) is 11.5 Å². The monoisotopic (exact) mass is 596 g/mol. The zero-order valence-corrected chi connectivity index (χ0v) is 27.1. The fourth-order valence-electron chi connectivity index (χ4n) is 4.68. The highest BCUT2D eigenvalue weighted by molar-refractivity contribution is 5.92. The molecular weight excluding hydrogens is 544 g/mol. The third-order valence-corrected chi connectivity index (χ3v) is 7.22. The van der Waals surface area contributed by atoms with Crippen molar-refractivity contribution in [3.63, 3.8) is 0 Å². The highest BCUT2D eigenvalue weighted by atomic mass is 16.6. The number of carbonyl (C=O) groups is 2. The molecule has 0 aliphatic rings. The van der Waals surface area contributed by atoms with Gasteiger partial charge in [-0.15, -0.1) is 0 Å². The molecule has 0 heterocycles. The molecule has 238 valence electrons. The molecule has 0 unspecified atom stereocenters. The summed E-state index contributed by atoms with van der Waals surface area (Å²) in [6, 6.07) is 15.2. The first-order valence-corrected chi connectivity index (χ1v) is 15.3. The molecule has 2 rings (SSSR count). The van der Waals surface area contributed by atoms with Crippen molar-refractivity contribution in [2.45, 2.75) is 98.0 Å². The molecule has 0 saturated carbocycles. The minimum absolute atomic E-state index is 0.0310. The number of unbranched alkanes of at least 4 members (excludes halogenated alkanes) is 1. The lowest BCUT2D eigenvalue weighted by Crippen LogP contribution is -2.47. The van der Waals surface area contributed by atoms with E-state index in [0.29, 0.717) is 37.5 Å². The summed E-state index contributed by atoms with van der Waals surface area (Å²) in [5.74, 6) is 1.32. The number of amides is 2. The molecule has 0 aliphatic carbocycles. The van der Waals surface area contributed by atoms with Gasteiger partial charge in [0.05, 0.1) is 19.3 Å². The van der Waals surface area contributed by atoms with Gasteiger partial charge < -0.3 is 30.0 Å². The van der Waals surface area contributed by atoms with E-state index in [1.165, 1.54) is 0 Å². The van der Waals surface area contributed by atoms with Crippen LogP contribution in [0, 0.1) is 11.8 Å². The second kappa shape index (κ2) is 17.6. The Morgan fingerprint density at radius 2 is 1.72 bits per heavy atom. The topological polar surface area (TPSA) is 106 Å². The molecule has 0 aromatic heterocycles. The van der Waals surface area contributed by atoms with Gasteiger partial charge in [-0.05, 0) is 75.1 Å². The normalized spacial score (nSPS) is 13.5. The average Bonchev–Trinajstić information content (AvgIpc) is 2.94. The summed E-state index contributed by atoms with van der Waals surface area (Å²) in [7, 11) is 1.62. The van der Waals surface area contributed by atoms with Crippen LogP contribution in [0.3, 0.4) is 0 Å². The van der Waals surface area contributed by atoms with E-state index < -0.39 is 23.8 Å². The number of carbonyl (C=O) groups excluding carboxylic acids is 2. The first-order chi connectivity index (χ1) is 20.3. The Bertz CT molecular complexity index is 1160. The van der Waals surface area contributed by atoms with E-state index in [2.05, 4.69) is 31.1 Å². The molecule has 3 atom stereocenters. The molecule has 2 aromatic rings. The molecule has 0 spiro atoms. The average molecular weight is 597 g/mol. The lowest BCUT2D eigenvalue weighted by atomic mass is 9.82. The van der Waals surface area contributed by atoms with Gasteiger partial charge in [-0.2, -0.15) is 0 Å². The summed E-state index contributed by atoms with van der Waals surface area (Å²) in [4.78, 5) is 25.3. The predicted octanol–water partition coefficient (Wildman–Crippen LogP) is 6.60. The maximum atomic E-state index is 12.8. The minimum Gasteiger partial charge on any atom is -0.493 e. The Morgan fingerprint density at radius 1 is 1.02 bits per heavy atom. The third-order valence-electron chi connectivity index (χ3n) is 7.22. The van der Waals surface area contributed by atoms with Gasteiger partial charge in [0.15, 0.2) is 11.5 Å². The molecule has 0 saturated heterocycles. The molecule has 43 heavy (non-hydrogen) atoms. The van der Waals surface area contributed by atoms with Crippen LogP contribution in [0.4, 0.5) is 4.79 Å². The number of benzene rings is 2.